The van der Waals surface area contributed by atoms with E-state index in [1.165, 1.54) is 11.8 Å². The van der Waals surface area contributed by atoms with Crippen LogP contribution in [0.25, 0.3) is 0 Å². The summed E-state index contributed by atoms with van der Waals surface area (Å²) in [5, 5.41) is 3.66. The highest BCUT2D eigenvalue weighted by molar-refractivity contribution is 8.15. The van der Waals surface area contributed by atoms with Crippen molar-refractivity contribution < 1.29 is 14.3 Å². The van der Waals surface area contributed by atoms with Gasteiger partial charge in [0.15, 0.2) is 5.17 Å². The molecule has 0 spiro atoms. The number of amides is 2. The smallest absolute Gasteiger partial charge is 0.239 e. The highest BCUT2D eigenvalue weighted by atomic mass is 32.2. The largest absolute Gasteiger partial charge is 0.465 e. The summed E-state index contributed by atoms with van der Waals surface area (Å²) < 4.78 is 6.24. The second kappa shape index (κ2) is 6.10. The summed E-state index contributed by atoms with van der Waals surface area (Å²) in [6.45, 7) is 3.77. The van der Waals surface area contributed by atoms with Gasteiger partial charge in [-0.3, -0.25) is 14.5 Å². The van der Waals surface area contributed by atoms with E-state index in [9.17, 15) is 9.59 Å². The van der Waals surface area contributed by atoms with Crippen molar-refractivity contribution in [2.45, 2.75) is 25.6 Å². The third kappa shape index (κ3) is 2.46. The average molecular weight is 393 g/mol. The van der Waals surface area contributed by atoms with E-state index in [-0.39, 0.29) is 11.8 Å². The molecule has 2 aromatic carbocycles. The van der Waals surface area contributed by atoms with E-state index in [2.05, 4.69) is 5.32 Å². The van der Waals surface area contributed by atoms with Gasteiger partial charge in [0.05, 0.1) is 11.8 Å². The van der Waals surface area contributed by atoms with E-state index in [0.29, 0.717) is 16.7 Å². The molecule has 1 N–H and O–H groups in total. The van der Waals surface area contributed by atoms with Crippen molar-refractivity contribution in [2.24, 2.45) is 10.9 Å². The maximum Gasteiger partial charge on any atom is 0.239 e. The van der Waals surface area contributed by atoms with E-state index >= 15 is 0 Å². The molecule has 0 aromatic heterocycles. The summed E-state index contributed by atoms with van der Waals surface area (Å²) in [5.74, 6) is 0.112. The van der Waals surface area contributed by atoms with E-state index in [4.69, 9.17) is 9.73 Å². The third-order valence-electron chi connectivity index (χ3n) is 5.53. The summed E-state index contributed by atoms with van der Waals surface area (Å²) in [5.41, 5.74) is 1.49. The van der Waals surface area contributed by atoms with Crippen LogP contribution in [0.2, 0.25) is 0 Å². The zero-order valence-electron chi connectivity index (χ0n) is 15.5. The number of carbonyl (C=O) groups is 2. The Labute approximate surface area is 167 Å². The van der Waals surface area contributed by atoms with Crippen molar-refractivity contribution >= 4 is 34.4 Å². The van der Waals surface area contributed by atoms with Crippen LogP contribution < -0.4 is 10.1 Å². The number of aliphatic imine (C=N–C) groups is 1. The van der Waals surface area contributed by atoms with E-state index in [0.717, 1.165) is 16.8 Å². The second-order valence-corrected chi connectivity index (χ2v) is 8.31. The number of rotatable bonds is 2. The molecule has 0 saturated carbocycles. The number of ether oxygens (including phenoxy) is 1. The van der Waals surface area contributed by atoms with Crippen LogP contribution >= 0.6 is 11.8 Å². The third-order valence-corrected chi connectivity index (χ3v) is 6.47. The topological polar surface area (TPSA) is 71.0 Å². The minimum absolute atomic E-state index is 0.0267. The maximum absolute atomic E-state index is 13.4. The highest BCUT2D eigenvalue weighted by Crippen LogP contribution is 2.52. The first-order valence-electron chi connectivity index (χ1n) is 9.17. The summed E-state index contributed by atoms with van der Waals surface area (Å²) in [6.07, 6.45) is 0. The molecule has 7 heteroatoms. The Morgan fingerprint density at radius 2 is 2.00 bits per heavy atom. The number of aryl methyl sites for hydroxylation is 1. The van der Waals surface area contributed by atoms with Crippen LogP contribution in [-0.2, 0) is 9.59 Å². The first-order chi connectivity index (χ1) is 13.5. The Hall–Kier alpha value is -2.80. The summed E-state index contributed by atoms with van der Waals surface area (Å²) in [7, 11) is 0. The van der Waals surface area contributed by atoms with Crippen molar-refractivity contribution in [3.05, 3.63) is 59.7 Å². The van der Waals surface area contributed by atoms with Gasteiger partial charge in [0, 0.05) is 11.3 Å². The Bertz CT molecular complexity index is 1040. The average Bonchev–Trinajstić information content (AvgIpc) is 3.02. The lowest BCUT2D eigenvalue weighted by atomic mass is 9.79. The number of amidine groups is 1. The summed E-state index contributed by atoms with van der Waals surface area (Å²) >= 11 is 1.40. The molecule has 28 heavy (non-hydrogen) atoms. The van der Waals surface area contributed by atoms with Crippen LogP contribution in [0.1, 0.15) is 24.1 Å². The first kappa shape index (κ1) is 17.3. The van der Waals surface area contributed by atoms with Gasteiger partial charge in [0.25, 0.3) is 0 Å². The highest BCUT2D eigenvalue weighted by Gasteiger charge is 2.59. The lowest BCUT2D eigenvalue weighted by Gasteiger charge is -2.49. The van der Waals surface area contributed by atoms with Crippen molar-refractivity contribution in [3.63, 3.8) is 0 Å². The van der Waals surface area contributed by atoms with Gasteiger partial charge < -0.3 is 10.1 Å². The molecule has 2 bridgehead atoms. The van der Waals surface area contributed by atoms with Crippen molar-refractivity contribution in [3.8, 4) is 5.75 Å². The number of carbonyl (C=O) groups excluding carboxylic acids is 2. The van der Waals surface area contributed by atoms with Gasteiger partial charge in [0.2, 0.25) is 17.5 Å². The molecule has 3 aliphatic rings. The Kier molecular flexibility index (Phi) is 3.77. The number of fused-ring (bicyclic) bond motifs is 6. The van der Waals surface area contributed by atoms with Gasteiger partial charge in [0.1, 0.15) is 11.7 Å². The lowest BCUT2D eigenvalue weighted by Crippen LogP contribution is -2.59. The minimum Gasteiger partial charge on any atom is -0.465 e. The van der Waals surface area contributed by atoms with E-state index in [1.807, 2.05) is 62.4 Å². The molecule has 0 radical (unpaired) electrons. The van der Waals surface area contributed by atoms with Crippen molar-refractivity contribution in [1.29, 1.82) is 0 Å². The number of benzene rings is 2. The van der Waals surface area contributed by atoms with Gasteiger partial charge in [-0.05, 0) is 31.5 Å². The lowest BCUT2D eigenvalue weighted by molar-refractivity contribution is -0.139. The predicted molar refractivity (Wildman–Crippen MR) is 108 cm³/mol. The Balaban J connectivity index is 1.62. The first-order valence-corrected chi connectivity index (χ1v) is 10.2. The fourth-order valence-electron chi connectivity index (χ4n) is 4.19. The van der Waals surface area contributed by atoms with Crippen LogP contribution in [-0.4, -0.2) is 33.4 Å². The fraction of sp³-hybridized carbons (Fsp3) is 0.286. The molecule has 2 amide bonds. The van der Waals surface area contributed by atoms with Gasteiger partial charge in [-0.2, -0.15) is 0 Å². The van der Waals surface area contributed by atoms with Gasteiger partial charge in [-0.1, -0.05) is 48.2 Å². The van der Waals surface area contributed by atoms with Crippen LogP contribution in [0, 0.1) is 12.8 Å². The predicted octanol–water partition coefficient (Wildman–Crippen LogP) is 3.34. The van der Waals surface area contributed by atoms with Crippen LogP contribution in [0.3, 0.4) is 0 Å². The van der Waals surface area contributed by atoms with Gasteiger partial charge in [-0.15, -0.1) is 0 Å². The SMILES string of the molecule is Cc1ccccc1NC(=O)C1C2c3ccccc3OC1(C)N=C1SCC(=O)N12. The molecule has 3 heterocycles. The number of anilines is 1. The minimum atomic E-state index is -1.07. The fourth-order valence-corrected chi connectivity index (χ4v) is 5.18. The number of nitrogens with zero attached hydrogens (tertiary/aromatic N) is 2. The van der Waals surface area contributed by atoms with Crippen LogP contribution in [0.4, 0.5) is 5.69 Å². The van der Waals surface area contributed by atoms with Gasteiger partial charge >= 0.3 is 0 Å². The molecule has 6 nitrogen and oxygen atoms in total. The molecule has 1 fully saturated rings. The standard InChI is InChI=1S/C21H19N3O3S/c1-12-7-3-5-9-14(12)22-19(26)17-18-13-8-4-6-10-15(13)27-21(17,2)23-20-24(18)16(25)11-28-20/h3-10,17-18H,11H2,1-2H3,(H,22,26). The summed E-state index contributed by atoms with van der Waals surface area (Å²) in [4.78, 5) is 32.5. The number of nitrogens with one attached hydrogen (secondary N) is 1. The second-order valence-electron chi connectivity index (χ2n) is 7.37. The Morgan fingerprint density at radius 1 is 1.25 bits per heavy atom. The normalized spacial score (nSPS) is 27.4. The molecule has 3 atom stereocenters. The summed E-state index contributed by atoms with van der Waals surface area (Å²) in [6, 6.07) is 14.8. The molecular weight excluding hydrogens is 374 g/mol. The van der Waals surface area contributed by atoms with Gasteiger partial charge in [-0.25, -0.2) is 4.99 Å². The van der Waals surface area contributed by atoms with Crippen LogP contribution in [0.5, 0.6) is 5.75 Å². The molecule has 3 unspecified atom stereocenters. The number of para-hydroxylation sites is 2. The number of hydrogen-bond acceptors (Lipinski definition) is 5. The number of hydrogen-bond donors (Lipinski definition) is 1. The molecule has 5 rings (SSSR count). The molecule has 2 aromatic rings. The molecule has 0 aliphatic carbocycles. The Morgan fingerprint density at radius 3 is 2.82 bits per heavy atom. The molecule has 1 saturated heterocycles. The quantitative estimate of drug-likeness (QED) is 0.850. The van der Waals surface area contributed by atoms with E-state index in [1.54, 1.807) is 4.90 Å². The molecule has 3 aliphatic heterocycles. The maximum atomic E-state index is 13.4. The van der Waals surface area contributed by atoms with E-state index < -0.39 is 17.7 Å². The zero-order valence-corrected chi connectivity index (χ0v) is 16.3. The molecular formula is C21H19N3O3S. The van der Waals surface area contributed by atoms with Crippen molar-refractivity contribution in [1.82, 2.24) is 4.90 Å². The molecule has 142 valence electrons. The zero-order chi connectivity index (χ0) is 19.5. The van der Waals surface area contributed by atoms with Crippen LogP contribution in [0.15, 0.2) is 53.5 Å². The van der Waals surface area contributed by atoms with Crippen molar-refractivity contribution in [2.75, 3.05) is 11.1 Å². The monoisotopic (exact) mass is 393 g/mol. The number of thioether (sulfide) groups is 1.